The Bertz CT molecular complexity index is 471. The summed E-state index contributed by atoms with van der Waals surface area (Å²) in [6.07, 6.45) is 26.4. The van der Waals surface area contributed by atoms with Gasteiger partial charge < -0.3 is 15.5 Å². The first kappa shape index (κ1) is 28.6. The van der Waals surface area contributed by atoms with Crippen molar-refractivity contribution in [1.29, 1.82) is 0 Å². The molecule has 0 spiro atoms. The molecule has 0 saturated carbocycles. The first-order valence-electron chi connectivity index (χ1n) is 12.2. The molecule has 3 N–H and O–H groups in total. The molecule has 0 aromatic carbocycles. The molecule has 0 aromatic heterocycles. The molecule has 30 heavy (non-hydrogen) atoms. The number of allylic oxidation sites excluding steroid dienone is 5. The van der Waals surface area contributed by atoms with E-state index in [0.717, 1.165) is 44.9 Å². The highest BCUT2D eigenvalue weighted by atomic mass is 16.3. The highest BCUT2D eigenvalue weighted by molar-refractivity contribution is 5.76. The van der Waals surface area contributed by atoms with Gasteiger partial charge >= 0.3 is 0 Å². The molecule has 0 aliphatic carbocycles. The largest absolute Gasteiger partial charge is 0.394 e. The third-order valence-electron chi connectivity index (χ3n) is 5.08. The topological polar surface area (TPSA) is 69.6 Å². The van der Waals surface area contributed by atoms with Crippen molar-refractivity contribution in [1.82, 2.24) is 5.32 Å². The van der Waals surface area contributed by atoms with Crippen LogP contribution in [0, 0.1) is 0 Å². The number of nitrogens with one attached hydrogen (secondary N) is 1. The Balaban J connectivity index is 3.89. The van der Waals surface area contributed by atoms with E-state index in [1.165, 1.54) is 38.5 Å². The van der Waals surface area contributed by atoms with E-state index in [9.17, 15) is 15.0 Å². The lowest BCUT2D eigenvalue weighted by atomic mass is 10.1. The molecule has 0 rings (SSSR count). The smallest absolute Gasteiger partial charge is 0.220 e. The van der Waals surface area contributed by atoms with Crippen LogP contribution in [0.2, 0.25) is 0 Å². The summed E-state index contributed by atoms with van der Waals surface area (Å²) in [5.74, 6) is -0.0917. The van der Waals surface area contributed by atoms with Gasteiger partial charge in [-0.15, -0.1) is 0 Å². The van der Waals surface area contributed by atoms with Gasteiger partial charge in [0.2, 0.25) is 5.91 Å². The Morgan fingerprint density at radius 1 is 0.767 bits per heavy atom. The number of amides is 1. The van der Waals surface area contributed by atoms with Gasteiger partial charge in [-0.3, -0.25) is 4.79 Å². The molecular formula is C26H47NO3. The van der Waals surface area contributed by atoms with Crippen LogP contribution in [0.15, 0.2) is 36.5 Å². The van der Waals surface area contributed by atoms with Crippen molar-refractivity contribution in [2.75, 3.05) is 6.61 Å². The normalized spacial score (nSPS) is 14.1. The summed E-state index contributed by atoms with van der Waals surface area (Å²) in [6.45, 7) is 4.13. The molecule has 4 heteroatoms. The number of aliphatic hydroxyl groups is 2. The van der Waals surface area contributed by atoms with Crippen LogP contribution in [0.5, 0.6) is 0 Å². The molecule has 0 fully saturated rings. The van der Waals surface area contributed by atoms with Gasteiger partial charge in [-0.1, -0.05) is 95.2 Å². The van der Waals surface area contributed by atoms with Gasteiger partial charge in [0.25, 0.3) is 0 Å². The second-order valence-electron chi connectivity index (χ2n) is 8.03. The van der Waals surface area contributed by atoms with Gasteiger partial charge in [-0.25, -0.2) is 0 Å². The maximum atomic E-state index is 12.0. The number of carbonyl (C=O) groups is 1. The molecule has 1 amide bonds. The first-order valence-corrected chi connectivity index (χ1v) is 12.2. The minimum absolute atomic E-state index is 0.0917. The number of carbonyl (C=O) groups excluding carboxylic acids is 1. The van der Waals surface area contributed by atoms with Gasteiger partial charge in [-0.2, -0.15) is 0 Å². The molecule has 174 valence electrons. The van der Waals surface area contributed by atoms with E-state index < -0.39 is 12.1 Å². The van der Waals surface area contributed by atoms with Crippen LogP contribution in [0.3, 0.4) is 0 Å². The molecule has 0 radical (unpaired) electrons. The minimum atomic E-state index is -0.860. The lowest BCUT2D eigenvalue weighted by Gasteiger charge is -2.19. The van der Waals surface area contributed by atoms with E-state index in [1.54, 1.807) is 6.08 Å². The van der Waals surface area contributed by atoms with Crippen LogP contribution in [0.4, 0.5) is 0 Å². The van der Waals surface area contributed by atoms with E-state index in [-0.39, 0.29) is 12.5 Å². The molecule has 0 saturated heterocycles. The number of hydrogen-bond donors (Lipinski definition) is 3. The average molecular weight is 422 g/mol. The predicted molar refractivity (Wildman–Crippen MR) is 128 cm³/mol. The summed E-state index contributed by atoms with van der Waals surface area (Å²) in [5, 5.41) is 22.5. The Kier molecular flexibility index (Phi) is 21.3. The molecule has 0 aromatic rings. The van der Waals surface area contributed by atoms with E-state index in [2.05, 4.69) is 43.5 Å². The van der Waals surface area contributed by atoms with Crippen molar-refractivity contribution in [3.63, 3.8) is 0 Å². The number of hydrogen-bond acceptors (Lipinski definition) is 3. The van der Waals surface area contributed by atoms with Crippen LogP contribution in [-0.2, 0) is 4.79 Å². The number of unbranched alkanes of at least 4 members (excludes halogenated alkanes) is 9. The second-order valence-corrected chi connectivity index (χ2v) is 8.03. The van der Waals surface area contributed by atoms with Crippen LogP contribution < -0.4 is 5.32 Å². The quantitative estimate of drug-likeness (QED) is 0.167. The average Bonchev–Trinajstić information content (AvgIpc) is 2.75. The van der Waals surface area contributed by atoms with Crippen molar-refractivity contribution in [3.05, 3.63) is 36.5 Å². The van der Waals surface area contributed by atoms with E-state index in [1.807, 2.05) is 6.08 Å². The fourth-order valence-corrected chi connectivity index (χ4v) is 3.15. The summed E-state index contributed by atoms with van der Waals surface area (Å²) in [5.41, 5.74) is 0. The summed E-state index contributed by atoms with van der Waals surface area (Å²) >= 11 is 0. The lowest BCUT2D eigenvalue weighted by Crippen LogP contribution is -2.45. The van der Waals surface area contributed by atoms with Gasteiger partial charge in [0.15, 0.2) is 0 Å². The van der Waals surface area contributed by atoms with E-state index in [4.69, 9.17) is 0 Å². The van der Waals surface area contributed by atoms with E-state index in [0.29, 0.717) is 6.42 Å². The first-order chi connectivity index (χ1) is 14.7. The monoisotopic (exact) mass is 421 g/mol. The maximum Gasteiger partial charge on any atom is 0.220 e. The molecule has 0 heterocycles. The Morgan fingerprint density at radius 2 is 1.30 bits per heavy atom. The van der Waals surface area contributed by atoms with Crippen molar-refractivity contribution < 1.29 is 15.0 Å². The van der Waals surface area contributed by atoms with E-state index >= 15 is 0 Å². The second kappa shape index (κ2) is 22.3. The molecule has 2 unspecified atom stereocenters. The third kappa shape index (κ3) is 18.6. The molecule has 0 bridgehead atoms. The third-order valence-corrected chi connectivity index (χ3v) is 5.08. The fraction of sp³-hybridized carbons (Fsp3) is 0.731. The zero-order valence-electron chi connectivity index (χ0n) is 19.5. The summed E-state index contributed by atoms with van der Waals surface area (Å²) < 4.78 is 0. The SMILES string of the molecule is CCC/C=C/CC/C=C/CC/C=C/C(O)C(CO)NC(=O)CCCCCCCCC. The standard InChI is InChI=1S/C26H47NO3/c1-3-5-7-9-11-12-13-14-16-17-19-21-25(29)24(23-28)27-26(30)22-20-18-15-10-8-6-4-2/h7,9,13-14,19,21,24-25,28-29H,3-6,8,10-12,15-18,20,22-23H2,1-2H3,(H,27,30)/b9-7+,14-13+,21-19+. The van der Waals surface area contributed by atoms with Gasteiger partial charge in [0.1, 0.15) is 0 Å². The predicted octanol–water partition coefficient (Wildman–Crippen LogP) is 5.99. The maximum absolute atomic E-state index is 12.0. The molecule has 0 aliphatic heterocycles. The van der Waals surface area contributed by atoms with Gasteiger partial charge in [0, 0.05) is 6.42 Å². The van der Waals surface area contributed by atoms with Crippen LogP contribution >= 0.6 is 0 Å². The lowest BCUT2D eigenvalue weighted by molar-refractivity contribution is -0.123. The highest BCUT2D eigenvalue weighted by Crippen LogP contribution is 2.09. The molecule has 0 aliphatic rings. The van der Waals surface area contributed by atoms with Gasteiger partial charge in [-0.05, 0) is 38.5 Å². The highest BCUT2D eigenvalue weighted by Gasteiger charge is 2.17. The van der Waals surface area contributed by atoms with Crippen molar-refractivity contribution in [3.8, 4) is 0 Å². The number of aliphatic hydroxyl groups excluding tert-OH is 2. The number of rotatable bonds is 20. The van der Waals surface area contributed by atoms with Crippen LogP contribution in [-0.4, -0.2) is 34.9 Å². The van der Waals surface area contributed by atoms with Crippen LogP contribution in [0.25, 0.3) is 0 Å². The molecule has 2 atom stereocenters. The molecule has 4 nitrogen and oxygen atoms in total. The Labute approximate surface area is 185 Å². The minimum Gasteiger partial charge on any atom is -0.394 e. The zero-order chi connectivity index (χ0) is 22.3. The van der Waals surface area contributed by atoms with Crippen molar-refractivity contribution in [2.24, 2.45) is 0 Å². The summed E-state index contributed by atoms with van der Waals surface area (Å²) in [6, 6.07) is -0.635. The fourth-order valence-electron chi connectivity index (χ4n) is 3.15. The van der Waals surface area contributed by atoms with Crippen LogP contribution in [0.1, 0.15) is 104 Å². The Hall–Kier alpha value is -1.39. The Morgan fingerprint density at radius 3 is 1.87 bits per heavy atom. The van der Waals surface area contributed by atoms with Gasteiger partial charge in [0.05, 0.1) is 18.8 Å². The van der Waals surface area contributed by atoms with Crippen molar-refractivity contribution in [2.45, 2.75) is 116 Å². The van der Waals surface area contributed by atoms with Crippen molar-refractivity contribution >= 4 is 5.91 Å². The summed E-state index contributed by atoms with van der Waals surface area (Å²) in [7, 11) is 0. The summed E-state index contributed by atoms with van der Waals surface area (Å²) in [4.78, 5) is 12.0. The molecular weight excluding hydrogens is 374 g/mol. The zero-order valence-corrected chi connectivity index (χ0v) is 19.5.